The van der Waals surface area contributed by atoms with E-state index in [4.69, 9.17) is 26.1 Å². The number of hydrogen-bond acceptors (Lipinski definition) is 5. The number of aromatic nitrogens is 1. The first-order valence-electron chi connectivity index (χ1n) is 10.4. The molecule has 7 heteroatoms. The van der Waals surface area contributed by atoms with Crippen molar-refractivity contribution in [3.8, 4) is 22.8 Å². The second kappa shape index (κ2) is 9.54. The molecule has 31 heavy (non-hydrogen) atoms. The molecule has 1 aromatic heterocycles. The van der Waals surface area contributed by atoms with Crippen molar-refractivity contribution in [1.82, 2.24) is 15.6 Å². The van der Waals surface area contributed by atoms with Crippen LogP contribution in [-0.2, 0) is 11.3 Å². The van der Waals surface area contributed by atoms with Gasteiger partial charge in [0.2, 0.25) is 5.91 Å². The van der Waals surface area contributed by atoms with E-state index in [1.807, 2.05) is 36.4 Å². The van der Waals surface area contributed by atoms with E-state index in [1.165, 1.54) is 0 Å². The highest BCUT2D eigenvalue weighted by atomic mass is 35.5. The lowest BCUT2D eigenvalue weighted by Crippen LogP contribution is -2.42. The minimum absolute atomic E-state index is 0.0542. The number of rotatable bonds is 6. The van der Waals surface area contributed by atoms with Crippen molar-refractivity contribution in [1.29, 1.82) is 0 Å². The van der Waals surface area contributed by atoms with Gasteiger partial charge in [0.05, 0.1) is 31.5 Å². The number of hydrogen-bond donors (Lipinski definition) is 2. The number of pyridine rings is 1. The van der Waals surface area contributed by atoms with Gasteiger partial charge in [0, 0.05) is 29.1 Å². The highest BCUT2D eigenvalue weighted by Crippen LogP contribution is 2.39. The quantitative estimate of drug-likeness (QED) is 0.598. The van der Waals surface area contributed by atoms with Crippen LogP contribution in [0.3, 0.4) is 0 Å². The van der Waals surface area contributed by atoms with Gasteiger partial charge >= 0.3 is 0 Å². The van der Waals surface area contributed by atoms with Crippen LogP contribution in [0.2, 0.25) is 5.02 Å². The first kappa shape index (κ1) is 21.4. The molecule has 1 aliphatic rings. The number of nitrogens with one attached hydrogen (secondary N) is 2. The van der Waals surface area contributed by atoms with Crippen LogP contribution in [0.25, 0.3) is 22.2 Å². The topological polar surface area (TPSA) is 72.5 Å². The number of carbonyl (C=O) groups excluding carboxylic acids is 1. The summed E-state index contributed by atoms with van der Waals surface area (Å²) in [7, 11) is 3.23. The van der Waals surface area contributed by atoms with Gasteiger partial charge in [0.15, 0.2) is 11.5 Å². The molecule has 3 aromatic rings. The molecule has 2 aromatic carbocycles. The minimum atomic E-state index is -0.219. The van der Waals surface area contributed by atoms with E-state index >= 15 is 0 Å². The third-order valence-corrected chi connectivity index (χ3v) is 5.83. The van der Waals surface area contributed by atoms with Crippen LogP contribution in [0.1, 0.15) is 24.8 Å². The maximum atomic E-state index is 12.4. The average Bonchev–Trinajstić information content (AvgIpc) is 3.00. The fourth-order valence-corrected chi connectivity index (χ4v) is 4.16. The molecule has 0 unspecified atom stereocenters. The van der Waals surface area contributed by atoms with Crippen LogP contribution in [0, 0.1) is 0 Å². The molecular formula is C24H26ClN3O3. The van der Waals surface area contributed by atoms with E-state index in [0.717, 1.165) is 53.5 Å². The number of ether oxygens (including phenoxy) is 2. The van der Waals surface area contributed by atoms with Crippen LogP contribution in [0.15, 0.2) is 42.5 Å². The smallest absolute Gasteiger partial charge is 0.237 e. The van der Waals surface area contributed by atoms with Crippen LogP contribution >= 0.6 is 11.6 Å². The zero-order valence-corrected chi connectivity index (χ0v) is 18.5. The van der Waals surface area contributed by atoms with Crippen molar-refractivity contribution in [2.75, 3.05) is 20.8 Å². The Kier molecular flexibility index (Phi) is 6.59. The first-order chi connectivity index (χ1) is 15.1. The summed E-state index contributed by atoms with van der Waals surface area (Å²) in [6.07, 6.45) is 2.84. The van der Waals surface area contributed by atoms with Gasteiger partial charge in [-0.2, -0.15) is 0 Å². The molecule has 1 aliphatic heterocycles. The lowest BCUT2D eigenvalue weighted by Gasteiger charge is -2.19. The maximum absolute atomic E-state index is 12.4. The molecule has 0 saturated carbocycles. The molecule has 1 atom stereocenters. The van der Waals surface area contributed by atoms with E-state index in [0.29, 0.717) is 23.1 Å². The van der Waals surface area contributed by atoms with Crippen molar-refractivity contribution in [2.45, 2.75) is 31.8 Å². The Morgan fingerprint density at radius 2 is 2.03 bits per heavy atom. The fraction of sp³-hybridized carbons (Fsp3) is 0.333. The molecular weight excluding hydrogens is 414 g/mol. The summed E-state index contributed by atoms with van der Waals surface area (Å²) in [5, 5.41) is 8.02. The van der Waals surface area contributed by atoms with Crippen LogP contribution in [0.4, 0.5) is 0 Å². The lowest BCUT2D eigenvalue weighted by atomic mass is 10.0. The van der Waals surface area contributed by atoms with Crippen molar-refractivity contribution < 1.29 is 14.3 Å². The van der Waals surface area contributed by atoms with Gasteiger partial charge in [-0.1, -0.05) is 23.7 Å². The van der Waals surface area contributed by atoms with Crippen LogP contribution < -0.4 is 20.1 Å². The molecule has 0 aliphatic carbocycles. The zero-order chi connectivity index (χ0) is 21.8. The first-order valence-corrected chi connectivity index (χ1v) is 10.8. The standard InChI is InChI=1S/C24H26ClN3O3/c1-30-21-8-5-6-18(23(21)31-2)22-16(12-15-9-10-17(25)13-20(15)28-22)14-27-19-7-3-4-11-26-24(19)29/h5-6,8-10,12-13,19,27H,3-4,7,11,14H2,1-2H3,(H,26,29)/t19-/m0/s1. The average molecular weight is 440 g/mol. The van der Waals surface area contributed by atoms with Gasteiger partial charge in [0.1, 0.15) is 0 Å². The molecule has 1 amide bonds. The van der Waals surface area contributed by atoms with E-state index in [-0.39, 0.29) is 11.9 Å². The number of para-hydroxylation sites is 1. The van der Waals surface area contributed by atoms with Gasteiger partial charge in [-0.25, -0.2) is 4.98 Å². The summed E-state index contributed by atoms with van der Waals surface area (Å²) in [6, 6.07) is 13.3. The number of fused-ring (bicyclic) bond motifs is 1. The molecule has 162 valence electrons. The number of amides is 1. The second-order valence-corrected chi connectivity index (χ2v) is 8.03. The van der Waals surface area contributed by atoms with Gasteiger partial charge in [-0.05, 0) is 55.2 Å². The number of nitrogens with zero attached hydrogens (tertiary/aromatic N) is 1. The molecule has 0 spiro atoms. The number of benzene rings is 2. The van der Waals surface area contributed by atoms with E-state index in [1.54, 1.807) is 14.2 Å². The van der Waals surface area contributed by atoms with E-state index in [2.05, 4.69) is 16.7 Å². The Balaban J connectivity index is 1.78. The molecule has 2 heterocycles. The lowest BCUT2D eigenvalue weighted by molar-refractivity contribution is -0.122. The van der Waals surface area contributed by atoms with Crippen molar-refractivity contribution in [2.24, 2.45) is 0 Å². The van der Waals surface area contributed by atoms with Crippen LogP contribution in [-0.4, -0.2) is 37.7 Å². The summed E-state index contributed by atoms with van der Waals surface area (Å²) in [5.41, 5.74) is 3.36. The summed E-state index contributed by atoms with van der Waals surface area (Å²) in [4.78, 5) is 17.3. The van der Waals surface area contributed by atoms with Gasteiger partial charge in [0.25, 0.3) is 0 Å². The van der Waals surface area contributed by atoms with E-state index < -0.39 is 0 Å². The SMILES string of the molecule is COc1cccc(-c2nc3cc(Cl)ccc3cc2CN[C@H]2CCCCNC2=O)c1OC. The number of methoxy groups -OCH3 is 2. The summed E-state index contributed by atoms with van der Waals surface area (Å²) in [5.74, 6) is 1.31. The predicted molar refractivity (Wildman–Crippen MR) is 123 cm³/mol. The molecule has 0 radical (unpaired) electrons. The normalized spacial score (nSPS) is 16.6. The fourth-order valence-electron chi connectivity index (χ4n) is 3.99. The van der Waals surface area contributed by atoms with E-state index in [9.17, 15) is 4.79 Å². The third kappa shape index (κ3) is 4.60. The summed E-state index contributed by atoms with van der Waals surface area (Å²) in [6.45, 7) is 1.24. The highest BCUT2D eigenvalue weighted by molar-refractivity contribution is 6.31. The Labute approximate surface area is 186 Å². The molecule has 2 N–H and O–H groups in total. The summed E-state index contributed by atoms with van der Waals surface area (Å²) >= 11 is 6.22. The number of halogens is 1. The third-order valence-electron chi connectivity index (χ3n) is 5.59. The zero-order valence-electron chi connectivity index (χ0n) is 17.7. The molecule has 4 rings (SSSR count). The minimum Gasteiger partial charge on any atom is -0.493 e. The summed E-state index contributed by atoms with van der Waals surface area (Å²) < 4.78 is 11.2. The Bertz CT molecular complexity index is 1100. The van der Waals surface area contributed by atoms with Gasteiger partial charge < -0.3 is 20.1 Å². The Morgan fingerprint density at radius 3 is 2.84 bits per heavy atom. The maximum Gasteiger partial charge on any atom is 0.237 e. The monoisotopic (exact) mass is 439 g/mol. The molecule has 1 saturated heterocycles. The second-order valence-electron chi connectivity index (χ2n) is 7.59. The highest BCUT2D eigenvalue weighted by Gasteiger charge is 2.22. The number of carbonyl (C=O) groups is 1. The van der Waals surface area contributed by atoms with Crippen LogP contribution in [0.5, 0.6) is 11.5 Å². The van der Waals surface area contributed by atoms with Crippen molar-refractivity contribution in [3.05, 3.63) is 53.1 Å². The van der Waals surface area contributed by atoms with Gasteiger partial charge in [-0.15, -0.1) is 0 Å². The Hall–Kier alpha value is -2.83. The molecule has 0 bridgehead atoms. The predicted octanol–water partition coefficient (Wildman–Crippen LogP) is 4.33. The molecule has 6 nitrogen and oxygen atoms in total. The molecule has 1 fully saturated rings. The van der Waals surface area contributed by atoms with Crippen molar-refractivity contribution >= 4 is 28.4 Å². The van der Waals surface area contributed by atoms with Gasteiger partial charge in [-0.3, -0.25) is 4.79 Å². The van der Waals surface area contributed by atoms with Crippen molar-refractivity contribution in [3.63, 3.8) is 0 Å². The Morgan fingerprint density at radius 1 is 1.16 bits per heavy atom. The largest absolute Gasteiger partial charge is 0.493 e.